The summed E-state index contributed by atoms with van der Waals surface area (Å²) in [7, 11) is -2.34. The Kier molecular flexibility index (Phi) is 4.94. The van der Waals surface area contributed by atoms with Crippen molar-refractivity contribution in [3.8, 4) is 16.9 Å². The molecule has 0 amide bonds. The summed E-state index contributed by atoms with van der Waals surface area (Å²) in [6, 6.07) is 9.07. The van der Waals surface area contributed by atoms with Gasteiger partial charge in [-0.15, -0.1) is 0 Å². The molecule has 2 rings (SSSR count). The van der Waals surface area contributed by atoms with Gasteiger partial charge in [-0.05, 0) is 41.4 Å². The first-order chi connectivity index (χ1) is 11.0. The van der Waals surface area contributed by atoms with E-state index in [2.05, 4.69) is 0 Å². The van der Waals surface area contributed by atoms with Crippen LogP contribution in [0.3, 0.4) is 0 Å². The summed E-state index contributed by atoms with van der Waals surface area (Å²) in [4.78, 5) is 10.7. The van der Waals surface area contributed by atoms with Crippen molar-refractivity contribution in [2.24, 2.45) is 0 Å². The fourth-order valence-electron chi connectivity index (χ4n) is 1.99. The highest BCUT2D eigenvalue weighted by Crippen LogP contribution is 2.39. The molecule has 0 radical (unpaired) electrons. The molecule has 0 N–H and O–H groups in total. The molecule has 0 unspecified atom stereocenters. The molecule has 0 fully saturated rings. The third kappa shape index (κ3) is 3.72. The third-order valence-corrected chi connectivity index (χ3v) is 8.87. The first kappa shape index (κ1) is 18.3. The maximum atomic E-state index is 14.5. The van der Waals surface area contributed by atoms with Gasteiger partial charge in [-0.25, -0.2) is 8.78 Å². The van der Waals surface area contributed by atoms with Crippen LogP contribution in [0.15, 0.2) is 36.4 Å². The molecule has 0 spiro atoms. The summed E-state index contributed by atoms with van der Waals surface area (Å²) in [5, 5.41) is -0.158. The minimum atomic E-state index is -2.34. The minimum Gasteiger partial charge on any atom is -0.540 e. The van der Waals surface area contributed by atoms with Crippen LogP contribution >= 0.6 is 0 Å². The zero-order valence-electron chi connectivity index (χ0n) is 14.6. The molecule has 0 saturated heterocycles. The standard InChI is InChI=1S/C19H22F2O2Si/c1-19(2,3)24(4,5)23-18-16(20)10-15(11-17(18)21)14-8-6-13(12-22)7-9-14/h6-12H,1-5H3. The zero-order valence-corrected chi connectivity index (χ0v) is 15.6. The van der Waals surface area contributed by atoms with E-state index < -0.39 is 20.0 Å². The predicted molar refractivity (Wildman–Crippen MR) is 95.0 cm³/mol. The van der Waals surface area contributed by atoms with Gasteiger partial charge in [0.25, 0.3) is 8.32 Å². The molecule has 0 atom stereocenters. The van der Waals surface area contributed by atoms with Gasteiger partial charge in [0.1, 0.15) is 6.29 Å². The molecule has 0 aliphatic carbocycles. The summed E-state index contributed by atoms with van der Waals surface area (Å²) in [5.74, 6) is -1.74. The van der Waals surface area contributed by atoms with Crippen molar-refractivity contribution in [2.75, 3.05) is 0 Å². The topological polar surface area (TPSA) is 26.3 Å². The van der Waals surface area contributed by atoms with Gasteiger partial charge in [0.2, 0.25) is 0 Å². The predicted octanol–water partition coefficient (Wildman–Crippen LogP) is 5.83. The Bertz CT molecular complexity index is 724. The van der Waals surface area contributed by atoms with Gasteiger partial charge in [0, 0.05) is 5.56 Å². The van der Waals surface area contributed by atoms with Crippen molar-refractivity contribution >= 4 is 14.6 Å². The van der Waals surface area contributed by atoms with E-state index in [1.807, 2.05) is 33.9 Å². The molecule has 24 heavy (non-hydrogen) atoms. The van der Waals surface area contributed by atoms with Crippen LogP contribution in [0, 0.1) is 11.6 Å². The summed E-state index contributed by atoms with van der Waals surface area (Å²) in [6.45, 7) is 9.92. The van der Waals surface area contributed by atoms with Crippen LogP contribution < -0.4 is 4.43 Å². The van der Waals surface area contributed by atoms with Crippen LogP contribution in [0.5, 0.6) is 5.75 Å². The van der Waals surface area contributed by atoms with Gasteiger partial charge in [-0.1, -0.05) is 45.0 Å². The van der Waals surface area contributed by atoms with E-state index in [9.17, 15) is 13.6 Å². The average Bonchev–Trinajstić information content (AvgIpc) is 2.49. The Balaban J connectivity index is 2.39. The van der Waals surface area contributed by atoms with Crippen LogP contribution in [0.2, 0.25) is 18.1 Å². The number of halogens is 2. The fraction of sp³-hybridized carbons (Fsp3) is 0.316. The molecular weight excluding hydrogens is 326 g/mol. The van der Waals surface area contributed by atoms with Crippen molar-refractivity contribution < 1.29 is 18.0 Å². The third-order valence-electron chi connectivity index (χ3n) is 4.54. The second kappa shape index (κ2) is 6.47. The lowest BCUT2D eigenvalue weighted by molar-refractivity contribution is 0.112. The van der Waals surface area contributed by atoms with Gasteiger partial charge >= 0.3 is 0 Å². The Morgan fingerprint density at radius 3 is 1.88 bits per heavy atom. The van der Waals surface area contributed by atoms with Gasteiger partial charge in [-0.2, -0.15) is 0 Å². The summed E-state index contributed by atoms with van der Waals surface area (Å²) >= 11 is 0. The largest absolute Gasteiger partial charge is 0.540 e. The normalized spacial score (nSPS) is 12.1. The van der Waals surface area contributed by atoms with E-state index >= 15 is 0 Å². The van der Waals surface area contributed by atoms with Gasteiger partial charge in [-0.3, -0.25) is 4.79 Å². The lowest BCUT2D eigenvalue weighted by Crippen LogP contribution is -2.44. The number of rotatable bonds is 4. The molecule has 0 bridgehead atoms. The first-order valence-corrected chi connectivity index (χ1v) is 10.7. The highest BCUT2D eigenvalue weighted by atomic mass is 28.4. The fourth-order valence-corrected chi connectivity index (χ4v) is 3.00. The van der Waals surface area contributed by atoms with Gasteiger partial charge in [0.05, 0.1) is 0 Å². The molecule has 128 valence electrons. The summed E-state index contributed by atoms with van der Waals surface area (Å²) < 4.78 is 34.7. The van der Waals surface area contributed by atoms with E-state index in [-0.39, 0.29) is 10.8 Å². The van der Waals surface area contributed by atoms with Crippen LogP contribution in [0.4, 0.5) is 8.78 Å². The molecule has 5 heteroatoms. The molecule has 2 aromatic rings. The van der Waals surface area contributed by atoms with Crippen LogP contribution in [-0.4, -0.2) is 14.6 Å². The molecule has 0 aliphatic rings. The second-order valence-electron chi connectivity index (χ2n) is 7.37. The van der Waals surface area contributed by atoms with Crippen LogP contribution in [0.25, 0.3) is 11.1 Å². The lowest BCUT2D eigenvalue weighted by Gasteiger charge is -2.36. The first-order valence-electron chi connectivity index (χ1n) is 7.79. The van der Waals surface area contributed by atoms with Crippen molar-refractivity contribution in [2.45, 2.75) is 38.9 Å². The van der Waals surface area contributed by atoms with Gasteiger partial charge in [0.15, 0.2) is 17.4 Å². The number of benzene rings is 2. The lowest BCUT2D eigenvalue weighted by atomic mass is 10.0. The number of aldehydes is 1. The zero-order chi connectivity index (χ0) is 18.1. The van der Waals surface area contributed by atoms with E-state index in [0.29, 0.717) is 16.7 Å². The second-order valence-corrected chi connectivity index (χ2v) is 12.1. The van der Waals surface area contributed by atoms with Crippen LogP contribution in [-0.2, 0) is 0 Å². The number of hydrogen-bond donors (Lipinski definition) is 0. The Morgan fingerprint density at radius 2 is 1.46 bits per heavy atom. The van der Waals surface area contributed by atoms with Crippen molar-refractivity contribution in [3.63, 3.8) is 0 Å². The van der Waals surface area contributed by atoms with Crippen LogP contribution in [0.1, 0.15) is 31.1 Å². The molecule has 2 aromatic carbocycles. The Hall–Kier alpha value is -2.01. The number of hydrogen-bond acceptors (Lipinski definition) is 2. The monoisotopic (exact) mass is 348 g/mol. The average molecular weight is 348 g/mol. The van der Waals surface area contributed by atoms with Crippen molar-refractivity contribution in [3.05, 3.63) is 53.6 Å². The molecule has 0 heterocycles. The van der Waals surface area contributed by atoms with E-state index in [0.717, 1.165) is 6.29 Å². The molecular formula is C19H22F2O2Si. The molecule has 0 saturated carbocycles. The Morgan fingerprint density at radius 1 is 0.958 bits per heavy atom. The SMILES string of the molecule is CC(C)(C)[Si](C)(C)Oc1c(F)cc(-c2ccc(C=O)cc2)cc1F. The van der Waals surface area contributed by atoms with E-state index in [1.165, 1.54) is 12.1 Å². The van der Waals surface area contributed by atoms with E-state index in [4.69, 9.17) is 4.43 Å². The highest BCUT2D eigenvalue weighted by molar-refractivity contribution is 6.74. The van der Waals surface area contributed by atoms with Crippen molar-refractivity contribution in [1.29, 1.82) is 0 Å². The molecule has 0 aliphatic heterocycles. The quantitative estimate of drug-likeness (QED) is 0.513. The summed E-state index contributed by atoms with van der Waals surface area (Å²) in [5.41, 5.74) is 1.56. The maximum absolute atomic E-state index is 14.5. The maximum Gasteiger partial charge on any atom is 0.250 e. The molecule has 2 nitrogen and oxygen atoms in total. The molecule has 0 aromatic heterocycles. The number of carbonyl (C=O) groups is 1. The van der Waals surface area contributed by atoms with Gasteiger partial charge < -0.3 is 4.43 Å². The highest BCUT2D eigenvalue weighted by Gasteiger charge is 2.40. The Labute approximate surface area is 142 Å². The van der Waals surface area contributed by atoms with E-state index in [1.54, 1.807) is 24.3 Å². The summed E-state index contributed by atoms with van der Waals surface area (Å²) in [6.07, 6.45) is 0.723. The smallest absolute Gasteiger partial charge is 0.250 e. The van der Waals surface area contributed by atoms with Crippen molar-refractivity contribution in [1.82, 2.24) is 0 Å². The minimum absolute atomic E-state index is 0.158. The number of carbonyl (C=O) groups excluding carboxylic acids is 1.